The van der Waals surface area contributed by atoms with Crippen LogP contribution >= 0.6 is 0 Å². The molecule has 1 rings (SSSR count). The van der Waals surface area contributed by atoms with Gasteiger partial charge in [0.25, 0.3) is 0 Å². The van der Waals surface area contributed by atoms with Crippen LogP contribution in [0.2, 0.25) is 0 Å². The molecule has 0 heterocycles. The molecule has 0 aliphatic heterocycles. The zero-order chi connectivity index (χ0) is 12.2. The summed E-state index contributed by atoms with van der Waals surface area (Å²) in [6.45, 7) is 0. The van der Waals surface area contributed by atoms with Crippen LogP contribution in [0.3, 0.4) is 0 Å². The van der Waals surface area contributed by atoms with Crippen molar-refractivity contribution in [3.05, 3.63) is 24.3 Å². The first kappa shape index (κ1) is 12.3. The van der Waals surface area contributed by atoms with Gasteiger partial charge in [-0.1, -0.05) is 0 Å². The Kier molecular flexibility index (Phi) is 3.73. The molecule has 6 nitrogen and oxygen atoms in total. The van der Waals surface area contributed by atoms with Crippen molar-refractivity contribution in [2.45, 2.75) is 0 Å². The number of carboxylic acids is 1. The molecule has 0 saturated heterocycles. The van der Waals surface area contributed by atoms with Gasteiger partial charge in [-0.05, 0) is 24.3 Å². The van der Waals surface area contributed by atoms with Crippen LogP contribution in [0.25, 0.3) is 0 Å². The van der Waals surface area contributed by atoms with Crippen molar-refractivity contribution in [1.29, 1.82) is 0 Å². The van der Waals surface area contributed by atoms with Crippen LogP contribution in [0.5, 0.6) is 0 Å². The summed E-state index contributed by atoms with van der Waals surface area (Å²) < 4.78 is 24.7. The third-order valence-corrected chi connectivity index (χ3v) is 2.93. The lowest BCUT2D eigenvalue weighted by molar-refractivity contribution is -0.134. The van der Waals surface area contributed by atoms with Crippen molar-refractivity contribution in [2.75, 3.05) is 22.8 Å². The zero-order valence-electron chi connectivity index (χ0n) is 8.60. The fraction of sp³-hybridized carbons (Fsp3) is 0.222. The number of aliphatic carboxylic acids is 1. The smallest absolute Gasteiger partial charge is 0.320 e. The van der Waals surface area contributed by atoms with Gasteiger partial charge in [0.05, 0.1) is 0 Å². The second-order valence-corrected chi connectivity index (χ2v) is 4.80. The predicted molar refractivity (Wildman–Crippen MR) is 61.0 cm³/mol. The highest BCUT2D eigenvalue weighted by Crippen LogP contribution is 2.14. The highest BCUT2D eigenvalue weighted by atomic mass is 32.2. The minimum atomic E-state index is -3.82. The predicted octanol–water partition coefficient (Wildman–Crippen LogP) is 0.555. The summed E-state index contributed by atoms with van der Waals surface area (Å²) in [5.74, 6) is -2.33. The number of hydrogen-bond acceptors (Lipinski definition) is 4. The molecule has 7 heteroatoms. The van der Waals surface area contributed by atoms with Gasteiger partial charge in [-0.2, -0.15) is 0 Å². The molecule has 0 aliphatic carbocycles. The fourth-order valence-corrected chi connectivity index (χ4v) is 1.98. The van der Waals surface area contributed by atoms with E-state index in [1.54, 1.807) is 31.3 Å². The molecule has 16 heavy (non-hydrogen) atoms. The largest absolute Gasteiger partial charge is 0.480 e. The number of hydrogen-bond donors (Lipinski definition) is 3. The van der Waals surface area contributed by atoms with Crippen LogP contribution in [-0.4, -0.2) is 32.3 Å². The number of carbonyl (C=O) groups is 1. The molecule has 0 aliphatic rings. The molecule has 0 saturated carbocycles. The molecule has 0 fully saturated rings. The first-order chi connectivity index (χ1) is 7.43. The number of rotatable bonds is 5. The molecular weight excluding hydrogens is 232 g/mol. The summed E-state index contributed by atoms with van der Waals surface area (Å²) in [5, 5.41) is 11.3. The number of carboxylic acid groups (broad SMARTS) is 1. The summed E-state index contributed by atoms with van der Waals surface area (Å²) in [5.41, 5.74) is 1.17. The minimum absolute atomic E-state index is 0.334. The quantitative estimate of drug-likeness (QED) is 0.703. The lowest BCUT2D eigenvalue weighted by atomic mass is 10.3. The third-order valence-electron chi connectivity index (χ3n) is 1.76. The maximum atomic E-state index is 11.3. The first-order valence-corrected chi connectivity index (χ1v) is 6.08. The molecule has 0 spiro atoms. The van der Waals surface area contributed by atoms with Crippen LogP contribution < -0.4 is 10.0 Å². The van der Waals surface area contributed by atoms with Crippen LogP contribution in [0, 0.1) is 0 Å². The van der Waals surface area contributed by atoms with E-state index in [4.69, 9.17) is 5.11 Å². The van der Waals surface area contributed by atoms with Gasteiger partial charge in [0.15, 0.2) is 5.75 Å². The van der Waals surface area contributed by atoms with E-state index in [9.17, 15) is 13.2 Å². The van der Waals surface area contributed by atoms with E-state index >= 15 is 0 Å². The molecule has 3 N–H and O–H groups in total. The molecule has 0 unspecified atom stereocenters. The van der Waals surface area contributed by atoms with Crippen LogP contribution in [-0.2, 0) is 14.8 Å². The van der Waals surface area contributed by atoms with Gasteiger partial charge in [0, 0.05) is 18.4 Å². The van der Waals surface area contributed by atoms with E-state index in [-0.39, 0.29) is 0 Å². The van der Waals surface area contributed by atoms with Gasteiger partial charge in [-0.15, -0.1) is 0 Å². The number of anilines is 2. The Morgan fingerprint density at radius 2 is 1.75 bits per heavy atom. The Morgan fingerprint density at radius 3 is 2.19 bits per heavy atom. The molecular formula is C9H12N2O4S. The standard InChI is InChI=1S/C9H12N2O4S/c1-10-7-2-4-8(5-3-7)11-16(14,15)6-9(12)13/h2-5,10-11H,6H2,1H3,(H,12,13). The molecule has 0 amide bonds. The molecule has 0 bridgehead atoms. The van der Waals surface area contributed by atoms with Gasteiger partial charge in [0.2, 0.25) is 10.0 Å². The van der Waals surface area contributed by atoms with Crippen molar-refractivity contribution in [1.82, 2.24) is 0 Å². The van der Waals surface area contributed by atoms with Crippen LogP contribution in [0.1, 0.15) is 0 Å². The second-order valence-electron chi connectivity index (χ2n) is 3.08. The Morgan fingerprint density at radius 1 is 1.25 bits per heavy atom. The van der Waals surface area contributed by atoms with Crippen molar-refractivity contribution in [3.8, 4) is 0 Å². The zero-order valence-corrected chi connectivity index (χ0v) is 9.41. The minimum Gasteiger partial charge on any atom is -0.480 e. The first-order valence-electron chi connectivity index (χ1n) is 4.43. The van der Waals surface area contributed by atoms with Gasteiger partial charge in [-0.25, -0.2) is 8.42 Å². The van der Waals surface area contributed by atoms with Crippen molar-refractivity contribution < 1.29 is 18.3 Å². The Hall–Kier alpha value is -1.76. The van der Waals surface area contributed by atoms with Crippen molar-refractivity contribution in [3.63, 3.8) is 0 Å². The van der Waals surface area contributed by atoms with Gasteiger partial charge in [0.1, 0.15) is 0 Å². The molecule has 88 valence electrons. The lowest BCUT2D eigenvalue weighted by Crippen LogP contribution is -2.22. The molecule has 0 radical (unpaired) electrons. The monoisotopic (exact) mass is 244 g/mol. The van der Waals surface area contributed by atoms with Crippen LogP contribution in [0.4, 0.5) is 11.4 Å². The lowest BCUT2D eigenvalue weighted by Gasteiger charge is -2.06. The van der Waals surface area contributed by atoms with Crippen molar-refractivity contribution >= 4 is 27.4 Å². The maximum absolute atomic E-state index is 11.3. The van der Waals surface area contributed by atoms with E-state index in [0.717, 1.165) is 5.69 Å². The van der Waals surface area contributed by atoms with E-state index in [1.165, 1.54) is 0 Å². The average Bonchev–Trinajstić information content (AvgIpc) is 2.16. The summed E-state index contributed by atoms with van der Waals surface area (Å²) in [7, 11) is -2.08. The fourth-order valence-electron chi connectivity index (χ4n) is 1.08. The van der Waals surface area contributed by atoms with E-state index in [0.29, 0.717) is 5.69 Å². The summed E-state index contributed by atoms with van der Waals surface area (Å²) >= 11 is 0. The topological polar surface area (TPSA) is 95.5 Å². The number of nitrogens with one attached hydrogen (secondary N) is 2. The van der Waals surface area contributed by atoms with Gasteiger partial charge < -0.3 is 10.4 Å². The average molecular weight is 244 g/mol. The molecule has 1 aromatic carbocycles. The summed E-state index contributed by atoms with van der Waals surface area (Å²) in [6, 6.07) is 6.45. The Labute approximate surface area is 93.3 Å². The molecule has 0 atom stereocenters. The van der Waals surface area contributed by atoms with Crippen LogP contribution in [0.15, 0.2) is 24.3 Å². The van der Waals surface area contributed by atoms with Crippen molar-refractivity contribution in [2.24, 2.45) is 0 Å². The van der Waals surface area contributed by atoms with Gasteiger partial charge in [-0.3, -0.25) is 9.52 Å². The molecule has 1 aromatic rings. The highest BCUT2D eigenvalue weighted by molar-refractivity contribution is 7.93. The Balaban J connectivity index is 2.76. The number of benzene rings is 1. The molecule has 0 aromatic heterocycles. The Bertz CT molecular complexity index is 467. The normalized spacial score (nSPS) is 10.8. The SMILES string of the molecule is CNc1ccc(NS(=O)(=O)CC(=O)O)cc1. The number of sulfonamides is 1. The second kappa shape index (κ2) is 4.84. The van der Waals surface area contributed by atoms with E-state index < -0.39 is 21.7 Å². The third kappa shape index (κ3) is 3.77. The van der Waals surface area contributed by atoms with Gasteiger partial charge >= 0.3 is 5.97 Å². The van der Waals surface area contributed by atoms with E-state index in [2.05, 4.69) is 10.0 Å². The summed E-state index contributed by atoms with van der Waals surface area (Å²) in [4.78, 5) is 10.3. The summed E-state index contributed by atoms with van der Waals surface area (Å²) in [6.07, 6.45) is 0. The van der Waals surface area contributed by atoms with E-state index in [1.807, 2.05) is 0 Å². The maximum Gasteiger partial charge on any atom is 0.320 e. The highest BCUT2D eigenvalue weighted by Gasteiger charge is 2.15.